The van der Waals surface area contributed by atoms with Gasteiger partial charge < -0.3 is 28.0 Å². The molecule has 0 radical (unpaired) electrons. The number of hydrogen-bond acceptors (Lipinski definition) is 4. The predicted octanol–water partition coefficient (Wildman–Crippen LogP) is -1.64. The number of nitrogens with two attached hydrogens (primary N) is 4. The summed E-state index contributed by atoms with van der Waals surface area (Å²) in [6, 6.07) is 7.82. The Hall–Kier alpha value is -2.97. The van der Waals surface area contributed by atoms with E-state index < -0.39 is 12.0 Å². The number of hydrazone groups is 2. The van der Waals surface area contributed by atoms with Crippen LogP contribution in [0.4, 0.5) is 0 Å². The maximum atomic E-state index is 11.4. The summed E-state index contributed by atoms with van der Waals surface area (Å²) in [5.41, 5.74) is 21.7. The van der Waals surface area contributed by atoms with Crippen molar-refractivity contribution >= 4 is 17.9 Å². The van der Waals surface area contributed by atoms with Crippen LogP contribution in [0.15, 0.2) is 40.5 Å². The highest BCUT2D eigenvalue weighted by atomic mass is 16.4. The Morgan fingerprint density at radius 1 is 1.10 bits per heavy atom. The summed E-state index contributed by atoms with van der Waals surface area (Å²) in [7, 11) is 0. The van der Waals surface area contributed by atoms with E-state index in [1.807, 2.05) is 6.07 Å². The van der Waals surface area contributed by atoms with Crippen molar-refractivity contribution in [2.75, 3.05) is 0 Å². The van der Waals surface area contributed by atoms with E-state index in [9.17, 15) is 9.90 Å². The second kappa shape index (κ2) is 6.83. The Labute approximate surface area is 115 Å². The molecule has 1 aromatic carbocycles. The maximum absolute atomic E-state index is 11.4. The maximum Gasteiger partial charge on any atom is 0.330 e. The van der Waals surface area contributed by atoms with Crippen molar-refractivity contribution in [1.82, 2.24) is 5.12 Å². The van der Waals surface area contributed by atoms with Gasteiger partial charge in [0, 0.05) is 6.42 Å². The predicted molar refractivity (Wildman–Crippen MR) is 75.0 cm³/mol. The molecule has 1 aromatic rings. The number of hydrogen-bond donors (Lipinski definition) is 5. The van der Waals surface area contributed by atoms with Crippen LogP contribution in [0.3, 0.4) is 0 Å². The third-order valence-electron chi connectivity index (χ3n) is 2.27. The number of rotatable bonds is 6. The van der Waals surface area contributed by atoms with E-state index in [-0.39, 0.29) is 18.3 Å². The number of carbonyl (C=O) groups is 1. The van der Waals surface area contributed by atoms with Crippen molar-refractivity contribution in [3.8, 4) is 0 Å². The quantitative estimate of drug-likeness (QED) is 0.236. The molecule has 9 N–H and O–H groups in total. The van der Waals surface area contributed by atoms with Gasteiger partial charge in [-0.15, -0.1) is 10.2 Å². The summed E-state index contributed by atoms with van der Waals surface area (Å²) >= 11 is 0. The van der Waals surface area contributed by atoms with Crippen LogP contribution in [0.5, 0.6) is 0 Å². The zero-order valence-corrected chi connectivity index (χ0v) is 10.7. The number of nitrogens with zero attached hydrogens (tertiary/aromatic N) is 3. The van der Waals surface area contributed by atoms with Crippen LogP contribution >= 0.6 is 0 Å². The molecule has 1 rings (SSSR count). The summed E-state index contributed by atoms with van der Waals surface area (Å²) in [6.07, 6.45) is 0.129. The topological polar surface area (TPSA) is 169 Å². The Balaban J connectivity index is 3.05. The largest absolute Gasteiger partial charge is 0.480 e. The first-order valence-electron chi connectivity index (χ1n) is 5.65. The molecule has 0 bridgehead atoms. The minimum absolute atomic E-state index is 0.129. The second-order valence-corrected chi connectivity index (χ2v) is 3.91. The lowest BCUT2D eigenvalue weighted by atomic mass is 10.1. The summed E-state index contributed by atoms with van der Waals surface area (Å²) in [6.45, 7) is 0. The first kappa shape index (κ1) is 15.1. The second-order valence-electron chi connectivity index (χ2n) is 3.91. The summed E-state index contributed by atoms with van der Waals surface area (Å²) < 4.78 is 0. The Morgan fingerprint density at radius 2 is 1.60 bits per heavy atom. The van der Waals surface area contributed by atoms with E-state index in [1.165, 1.54) is 0 Å². The molecule has 108 valence electrons. The number of benzene rings is 1. The van der Waals surface area contributed by atoms with Gasteiger partial charge in [0.25, 0.3) is 0 Å². The Morgan fingerprint density at radius 3 is 2.00 bits per heavy atom. The molecule has 0 aliphatic carbocycles. The van der Waals surface area contributed by atoms with Gasteiger partial charge in [0.05, 0.1) is 0 Å². The molecule has 0 unspecified atom stereocenters. The zero-order chi connectivity index (χ0) is 15.1. The van der Waals surface area contributed by atoms with Gasteiger partial charge in [-0.25, -0.2) is 4.79 Å². The fraction of sp³-hybridized carbons (Fsp3) is 0.182. The van der Waals surface area contributed by atoms with Gasteiger partial charge in [-0.2, -0.15) is 5.12 Å². The van der Waals surface area contributed by atoms with Crippen molar-refractivity contribution in [3.05, 3.63) is 35.9 Å². The van der Waals surface area contributed by atoms with Gasteiger partial charge >= 0.3 is 5.97 Å². The fourth-order valence-corrected chi connectivity index (χ4v) is 1.50. The average molecular weight is 279 g/mol. The molecule has 0 heterocycles. The highest BCUT2D eigenvalue weighted by Gasteiger charge is 2.26. The van der Waals surface area contributed by atoms with Crippen LogP contribution in [-0.4, -0.2) is 34.2 Å². The molecule has 0 aliphatic rings. The number of guanidine groups is 2. The molecule has 20 heavy (non-hydrogen) atoms. The van der Waals surface area contributed by atoms with Crippen LogP contribution in [0.1, 0.15) is 5.56 Å². The standard InChI is InChI=1S/C11H17N7O2/c12-10(13)16-18(17-11(14)15)8(9(19)20)6-7-4-2-1-3-5-7/h1-5,8H,6H2,(H,19,20)(H4,12,13,16)(H4,14,15,17)/t8-/m0/s1. The van der Waals surface area contributed by atoms with Crippen LogP contribution in [0, 0.1) is 0 Å². The van der Waals surface area contributed by atoms with Gasteiger partial charge in [0.2, 0.25) is 11.9 Å². The third kappa shape index (κ3) is 4.72. The minimum Gasteiger partial charge on any atom is -0.480 e. The monoisotopic (exact) mass is 279 g/mol. The summed E-state index contributed by atoms with van der Waals surface area (Å²) in [5.74, 6) is -1.87. The number of carboxylic acids is 1. The van der Waals surface area contributed by atoms with Gasteiger partial charge in [-0.3, -0.25) is 0 Å². The third-order valence-corrected chi connectivity index (χ3v) is 2.27. The van der Waals surface area contributed by atoms with Crippen molar-refractivity contribution in [3.63, 3.8) is 0 Å². The summed E-state index contributed by atoms with van der Waals surface area (Å²) in [4.78, 5) is 11.4. The lowest BCUT2D eigenvalue weighted by Crippen LogP contribution is -2.41. The first-order valence-corrected chi connectivity index (χ1v) is 5.65. The summed E-state index contributed by atoms with van der Waals surface area (Å²) in [5, 5.41) is 17.3. The molecule has 1 atom stereocenters. The van der Waals surface area contributed by atoms with Gasteiger partial charge in [0.1, 0.15) is 0 Å². The lowest BCUT2D eigenvalue weighted by Gasteiger charge is -2.21. The van der Waals surface area contributed by atoms with Crippen LogP contribution in [0.25, 0.3) is 0 Å². The van der Waals surface area contributed by atoms with E-state index in [4.69, 9.17) is 22.9 Å². The molecule has 9 nitrogen and oxygen atoms in total. The zero-order valence-electron chi connectivity index (χ0n) is 10.7. The van der Waals surface area contributed by atoms with Crippen molar-refractivity contribution in [1.29, 1.82) is 0 Å². The molecule has 0 saturated heterocycles. The smallest absolute Gasteiger partial charge is 0.330 e. The van der Waals surface area contributed by atoms with Gasteiger partial charge in [-0.05, 0) is 5.56 Å². The van der Waals surface area contributed by atoms with Crippen LogP contribution in [-0.2, 0) is 11.2 Å². The van der Waals surface area contributed by atoms with E-state index >= 15 is 0 Å². The van der Waals surface area contributed by atoms with Crippen molar-refractivity contribution in [2.45, 2.75) is 12.5 Å². The molecular weight excluding hydrogens is 262 g/mol. The van der Waals surface area contributed by atoms with Crippen LogP contribution < -0.4 is 22.9 Å². The highest BCUT2D eigenvalue weighted by molar-refractivity contribution is 5.79. The number of carboxylic acid groups (broad SMARTS) is 1. The molecular formula is C11H17N7O2. The molecule has 0 amide bonds. The molecule has 0 fully saturated rings. The molecule has 0 saturated carbocycles. The normalized spacial score (nSPS) is 11.2. The van der Waals surface area contributed by atoms with E-state index in [1.54, 1.807) is 24.3 Å². The Bertz CT molecular complexity index is 489. The molecule has 0 spiro atoms. The minimum atomic E-state index is -1.16. The van der Waals surface area contributed by atoms with Crippen LogP contribution in [0.2, 0.25) is 0 Å². The lowest BCUT2D eigenvalue weighted by molar-refractivity contribution is -0.143. The number of aliphatic carboxylic acids is 1. The van der Waals surface area contributed by atoms with E-state index in [0.29, 0.717) is 0 Å². The van der Waals surface area contributed by atoms with Gasteiger partial charge in [0.15, 0.2) is 6.04 Å². The van der Waals surface area contributed by atoms with Gasteiger partial charge in [-0.1, -0.05) is 30.3 Å². The highest BCUT2D eigenvalue weighted by Crippen LogP contribution is 2.10. The van der Waals surface area contributed by atoms with E-state index in [0.717, 1.165) is 10.7 Å². The average Bonchev–Trinajstić information content (AvgIpc) is 2.35. The molecule has 0 aliphatic heterocycles. The van der Waals surface area contributed by atoms with E-state index in [2.05, 4.69) is 10.2 Å². The fourth-order valence-electron chi connectivity index (χ4n) is 1.50. The van der Waals surface area contributed by atoms with Crippen molar-refractivity contribution < 1.29 is 9.90 Å². The first-order chi connectivity index (χ1) is 9.40. The Kier molecular flexibility index (Phi) is 5.15. The molecule has 9 heteroatoms. The molecule has 0 aromatic heterocycles. The van der Waals surface area contributed by atoms with Crippen molar-refractivity contribution in [2.24, 2.45) is 33.1 Å². The SMILES string of the molecule is NC(N)=NN(N=C(N)N)[C@@H](Cc1ccccc1)C(=O)O.